The van der Waals surface area contributed by atoms with Crippen LogP contribution in [0.4, 0.5) is 5.69 Å². The number of nitrogens with zero attached hydrogens (tertiary/aromatic N) is 4. The summed E-state index contributed by atoms with van der Waals surface area (Å²) in [4.78, 5) is 36.5. The van der Waals surface area contributed by atoms with Crippen molar-refractivity contribution in [1.29, 1.82) is 0 Å². The summed E-state index contributed by atoms with van der Waals surface area (Å²) in [5, 5.41) is 15.1. The highest BCUT2D eigenvalue weighted by molar-refractivity contribution is 5.78. The van der Waals surface area contributed by atoms with E-state index in [0.29, 0.717) is 31.8 Å². The van der Waals surface area contributed by atoms with Gasteiger partial charge in [-0.2, -0.15) is 5.10 Å². The summed E-state index contributed by atoms with van der Waals surface area (Å²) in [6.07, 6.45) is 1.43. The first kappa shape index (κ1) is 17.9. The molecule has 1 fully saturated rings. The van der Waals surface area contributed by atoms with Gasteiger partial charge < -0.3 is 9.64 Å². The van der Waals surface area contributed by atoms with E-state index >= 15 is 0 Å². The van der Waals surface area contributed by atoms with E-state index in [1.54, 1.807) is 25.7 Å². The molecule has 24 heavy (non-hydrogen) atoms. The first-order valence-electron chi connectivity index (χ1n) is 7.98. The number of carbonyl (C=O) groups excluding carboxylic acids is 2. The van der Waals surface area contributed by atoms with Gasteiger partial charge in [0.1, 0.15) is 17.9 Å². The molecule has 1 atom stereocenters. The van der Waals surface area contributed by atoms with Crippen LogP contribution in [-0.4, -0.2) is 51.2 Å². The van der Waals surface area contributed by atoms with Crippen molar-refractivity contribution in [2.75, 3.05) is 19.7 Å². The quantitative estimate of drug-likeness (QED) is 0.454. The van der Waals surface area contributed by atoms with Crippen molar-refractivity contribution >= 4 is 17.6 Å². The molecule has 1 amide bonds. The molecule has 0 bridgehead atoms. The molecule has 0 aromatic carbocycles. The number of amides is 1. The Labute approximate surface area is 139 Å². The van der Waals surface area contributed by atoms with Gasteiger partial charge in [0.2, 0.25) is 5.91 Å². The van der Waals surface area contributed by atoms with Crippen molar-refractivity contribution in [3.63, 3.8) is 0 Å². The van der Waals surface area contributed by atoms with Crippen molar-refractivity contribution in [2.24, 2.45) is 5.92 Å². The molecule has 1 saturated heterocycles. The largest absolute Gasteiger partial charge is 0.466 e. The number of rotatable bonds is 5. The molecule has 9 heteroatoms. The lowest BCUT2D eigenvalue weighted by atomic mass is 9.98. The van der Waals surface area contributed by atoms with Crippen LogP contribution in [0, 0.1) is 29.9 Å². The molecule has 0 aliphatic carbocycles. The Morgan fingerprint density at radius 3 is 2.71 bits per heavy atom. The number of aromatic nitrogens is 2. The topological polar surface area (TPSA) is 108 Å². The molecule has 0 N–H and O–H groups in total. The molecule has 2 rings (SSSR count). The highest BCUT2D eigenvalue weighted by Gasteiger charge is 2.30. The van der Waals surface area contributed by atoms with Crippen LogP contribution >= 0.6 is 0 Å². The molecular formula is C15H22N4O5. The lowest BCUT2D eigenvalue weighted by Crippen LogP contribution is -2.44. The van der Waals surface area contributed by atoms with Gasteiger partial charge >= 0.3 is 11.7 Å². The number of likely N-dealkylation sites (tertiary alicyclic amines) is 1. The first-order chi connectivity index (χ1) is 11.3. The van der Waals surface area contributed by atoms with Gasteiger partial charge in [-0.05, 0) is 33.6 Å². The Balaban J connectivity index is 2.06. The van der Waals surface area contributed by atoms with E-state index in [0.717, 1.165) is 6.42 Å². The fourth-order valence-electron chi connectivity index (χ4n) is 2.99. The Kier molecular flexibility index (Phi) is 5.53. The fourth-order valence-corrected chi connectivity index (χ4v) is 2.99. The lowest BCUT2D eigenvalue weighted by molar-refractivity contribution is -0.386. The van der Waals surface area contributed by atoms with E-state index in [-0.39, 0.29) is 35.7 Å². The number of ether oxygens (including phenoxy) is 1. The molecule has 1 aliphatic heterocycles. The summed E-state index contributed by atoms with van der Waals surface area (Å²) < 4.78 is 6.37. The van der Waals surface area contributed by atoms with Gasteiger partial charge in [-0.3, -0.25) is 24.4 Å². The summed E-state index contributed by atoms with van der Waals surface area (Å²) in [6, 6.07) is 0. The van der Waals surface area contributed by atoms with Crippen molar-refractivity contribution in [3.8, 4) is 0 Å². The molecule has 132 valence electrons. The highest BCUT2D eigenvalue weighted by Crippen LogP contribution is 2.23. The third-order valence-electron chi connectivity index (χ3n) is 4.20. The molecule has 0 radical (unpaired) electrons. The Morgan fingerprint density at radius 2 is 2.12 bits per heavy atom. The zero-order valence-electron chi connectivity index (χ0n) is 14.2. The predicted octanol–water partition coefficient (Wildman–Crippen LogP) is 1.21. The van der Waals surface area contributed by atoms with Gasteiger partial charge in [-0.15, -0.1) is 0 Å². The average molecular weight is 338 g/mol. The van der Waals surface area contributed by atoms with Crippen molar-refractivity contribution in [3.05, 3.63) is 21.5 Å². The van der Waals surface area contributed by atoms with E-state index in [9.17, 15) is 19.7 Å². The smallest absolute Gasteiger partial charge is 0.312 e. The minimum Gasteiger partial charge on any atom is -0.466 e. The second-order valence-corrected chi connectivity index (χ2v) is 5.87. The van der Waals surface area contributed by atoms with Crippen LogP contribution in [0.25, 0.3) is 0 Å². The van der Waals surface area contributed by atoms with Crippen molar-refractivity contribution in [2.45, 2.75) is 40.2 Å². The Bertz CT molecular complexity index is 655. The monoisotopic (exact) mass is 338 g/mol. The standard InChI is InChI=1S/C15H22N4O5/c1-4-24-15(21)12-6-5-7-17(8-12)13(20)9-18-11(3)14(19(22)23)10(2)16-18/h12H,4-9H2,1-3H3. The Morgan fingerprint density at radius 1 is 1.42 bits per heavy atom. The summed E-state index contributed by atoms with van der Waals surface area (Å²) in [5.74, 6) is -0.793. The van der Waals surface area contributed by atoms with Crippen LogP contribution in [0.1, 0.15) is 31.2 Å². The molecule has 1 aromatic heterocycles. The van der Waals surface area contributed by atoms with Crippen molar-refractivity contribution < 1.29 is 19.2 Å². The summed E-state index contributed by atoms with van der Waals surface area (Å²) in [7, 11) is 0. The second-order valence-electron chi connectivity index (χ2n) is 5.87. The van der Waals surface area contributed by atoms with Gasteiger partial charge in [0, 0.05) is 13.1 Å². The number of piperidine rings is 1. The number of esters is 1. The fraction of sp³-hybridized carbons (Fsp3) is 0.667. The molecule has 9 nitrogen and oxygen atoms in total. The maximum absolute atomic E-state index is 12.5. The van der Waals surface area contributed by atoms with Crippen LogP contribution in [0.2, 0.25) is 0 Å². The molecule has 1 aliphatic rings. The highest BCUT2D eigenvalue weighted by atomic mass is 16.6. The zero-order chi connectivity index (χ0) is 17.9. The normalized spacial score (nSPS) is 17.6. The predicted molar refractivity (Wildman–Crippen MR) is 84.3 cm³/mol. The molecule has 0 spiro atoms. The summed E-state index contributed by atoms with van der Waals surface area (Å²) in [5.41, 5.74) is 0.573. The van der Waals surface area contributed by atoms with Crippen LogP contribution in [0.5, 0.6) is 0 Å². The minimum atomic E-state index is -0.490. The molecule has 0 saturated carbocycles. The van der Waals surface area contributed by atoms with Crippen LogP contribution in [0.15, 0.2) is 0 Å². The van der Waals surface area contributed by atoms with Crippen LogP contribution in [0.3, 0.4) is 0 Å². The SMILES string of the molecule is CCOC(=O)C1CCCN(C(=O)Cn2nc(C)c([N+](=O)[O-])c2C)C1. The number of aryl methyl sites for hydroxylation is 1. The van der Waals surface area contributed by atoms with E-state index in [2.05, 4.69) is 5.10 Å². The molecule has 1 aromatic rings. The van der Waals surface area contributed by atoms with Gasteiger partial charge in [-0.25, -0.2) is 0 Å². The van der Waals surface area contributed by atoms with E-state index in [4.69, 9.17) is 4.74 Å². The summed E-state index contributed by atoms with van der Waals surface area (Å²) >= 11 is 0. The number of carbonyl (C=O) groups is 2. The third kappa shape index (κ3) is 3.72. The van der Waals surface area contributed by atoms with Crippen LogP contribution in [-0.2, 0) is 20.9 Å². The van der Waals surface area contributed by atoms with Crippen molar-refractivity contribution in [1.82, 2.24) is 14.7 Å². The molecular weight excluding hydrogens is 316 g/mol. The molecule has 2 heterocycles. The minimum absolute atomic E-state index is 0.0640. The van der Waals surface area contributed by atoms with E-state index in [1.165, 1.54) is 4.68 Å². The lowest BCUT2D eigenvalue weighted by Gasteiger charge is -2.31. The maximum Gasteiger partial charge on any atom is 0.312 e. The number of hydrogen-bond acceptors (Lipinski definition) is 6. The Hall–Kier alpha value is -2.45. The van der Waals surface area contributed by atoms with E-state index < -0.39 is 4.92 Å². The number of nitro groups is 1. The number of hydrogen-bond donors (Lipinski definition) is 0. The van der Waals surface area contributed by atoms with Gasteiger partial charge in [0.15, 0.2) is 0 Å². The zero-order valence-corrected chi connectivity index (χ0v) is 14.2. The van der Waals surface area contributed by atoms with Crippen LogP contribution < -0.4 is 0 Å². The third-order valence-corrected chi connectivity index (χ3v) is 4.20. The summed E-state index contributed by atoms with van der Waals surface area (Å²) in [6.45, 7) is 6.00. The van der Waals surface area contributed by atoms with Gasteiger partial charge in [-0.1, -0.05) is 0 Å². The maximum atomic E-state index is 12.5. The van der Waals surface area contributed by atoms with Gasteiger partial charge in [0.25, 0.3) is 0 Å². The second kappa shape index (κ2) is 7.41. The first-order valence-corrected chi connectivity index (χ1v) is 7.98. The van der Waals surface area contributed by atoms with E-state index in [1.807, 2.05) is 0 Å². The average Bonchev–Trinajstić information content (AvgIpc) is 2.81. The van der Waals surface area contributed by atoms with Gasteiger partial charge in [0.05, 0.1) is 17.4 Å². The molecule has 1 unspecified atom stereocenters.